The molecule has 0 aliphatic heterocycles. The first-order valence-electron chi connectivity index (χ1n) is 8.02. The van der Waals surface area contributed by atoms with Crippen LogP contribution in [-0.4, -0.2) is 50.6 Å². The van der Waals surface area contributed by atoms with Crippen LogP contribution in [0.25, 0.3) is 5.69 Å². The molecule has 3 aromatic rings. The molecule has 0 aliphatic carbocycles. The van der Waals surface area contributed by atoms with Crippen molar-refractivity contribution in [1.82, 2.24) is 25.1 Å². The smallest absolute Gasteiger partial charge is 0.338 e. The largest absolute Gasteiger partial charge is 0.452 e. The van der Waals surface area contributed by atoms with E-state index < -0.39 is 5.97 Å². The maximum absolute atomic E-state index is 12.2. The maximum atomic E-state index is 12.2. The van der Waals surface area contributed by atoms with Gasteiger partial charge in [-0.05, 0) is 52.4 Å². The van der Waals surface area contributed by atoms with E-state index in [0.717, 1.165) is 5.56 Å². The lowest BCUT2D eigenvalue weighted by Gasteiger charge is -2.17. The van der Waals surface area contributed by atoms with Gasteiger partial charge in [-0.1, -0.05) is 23.7 Å². The monoisotopic (exact) mass is 385 g/mol. The Morgan fingerprint density at radius 2 is 1.81 bits per heavy atom. The number of hydrogen-bond acceptors (Lipinski definition) is 6. The Balaban J connectivity index is 1.52. The van der Waals surface area contributed by atoms with E-state index in [2.05, 4.69) is 15.5 Å². The topological polar surface area (TPSA) is 90.2 Å². The summed E-state index contributed by atoms with van der Waals surface area (Å²) >= 11 is 5.84. The summed E-state index contributed by atoms with van der Waals surface area (Å²) < 4.78 is 6.56. The molecule has 8 nitrogen and oxygen atoms in total. The molecule has 27 heavy (non-hydrogen) atoms. The highest BCUT2D eigenvalue weighted by molar-refractivity contribution is 6.30. The number of esters is 1. The average Bonchev–Trinajstić information content (AvgIpc) is 3.22. The summed E-state index contributed by atoms with van der Waals surface area (Å²) in [4.78, 5) is 25.8. The van der Waals surface area contributed by atoms with Crippen LogP contribution < -0.4 is 0 Å². The predicted octanol–water partition coefficient (Wildman–Crippen LogP) is 2.13. The van der Waals surface area contributed by atoms with Gasteiger partial charge >= 0.3 is 5.97 Å². The first-order valence-corrected chi connectivity index (χ1v) is 8.39. The minimum absolute atomic E-state index is 0.302. The number of carbonyl (C=O) groups excluding carboxylic acids is 2. The summed E-state index contributed by atoms with van der Waals surface area (Å²) in [5.74, 6) is -0.880. The van der Waals surface area contributed by atoms with E-state index in [9.17, 15) is 9.59 Å². The number of benzene rings is 2. The zero-order valence-corrected chi connectivity index (χ0v) is 15.2. The third-order valence-electron chi connectivity index (χ3n) is 3.80. The van der Waals surface area contributed by atoms with Gasteiger partial charge in [0.2, 0.25) is 0 Å². The molecule has 1 aromatic heterocycles. The number of hydrogen-bond donors (Lipinski definition) is 0. The second-order valence-electron chi connectivity index (χ2n) is 5.75. The van der Waals surface area contributed by atoms with E-state index in [0.29, 0.717) is 22.8 Å². The van der Waals surface area contributed by atoms with Gasteiger partial charge in [0.25, 0.3) is 5.91 Å². The minimum atomic E-state index is -0.577. The van der Waals surface area contributed by atoms with E-state index in [-0.39, 0.29) is 12.5 Å². The lowest BCUT2D eigenvalue weighted by atomic mass is 10.2. The normalized spacial score (nSPS) is 10.4. The Bertz CT molecular complexity index is 911. The first-order chi connectivity index (χ1) is 13.0. The van der Waals surface area contributed by atoms with Gasteiger partial charge < -0.3 is 9.64 Å². The van der Waals surface area contributed by atoms with Gasteiger partial charge in [0, 0.05) is 18.6 Å². The summed E-state index contributed by atoms with van der Waals surface area (Å²) in [6, 6.07) is 13.7. The van der Waals surface area contributed by atoms with Gasteiger partial charge in [-0.15, -0.1) is 5.10 Å². The number of aromatic nitrogens is 4. The highest BCUT2D eigenvalue weighted by Crippen LogP contribution is 2.12. The van der Waals surface area contributed by atoms with Crippen molar-refractivity contribution in [2.75, 3.05) is 13.7 Å². The summed E-state index contributed by atoms with van der Waals surface area (Å²) in [7, 11) is 1.64. The first kappa shape index (κ1) is 18.5. The van der Waals surface area contributed by atoms with Gasteiger partial charge in [-0.2, -0.15) is 0 Å². The third-order valence-corrected chi connectivity index (χ3v) is 4.05. The number of amides is 1. The molecule has 0 radical (unpaired) electrons. The molecular formula is C18H16ClN5O3. The number of nitrogens with zero attached hydrogens (tertiary/aromatic N) is 5. The number of tetrazole rings is 1. The Morgan fingerprint density at radius 1 is 1.11 bits per heavy atom. The van der Waals surface area contributed by atoms with Crippen molar-refractivity contribution in [3.63, 3.8) is 0 Å². The molecule has 1 amide bonds. The Kier molecular flexibility index (Phi) is 5.77. The highest BCUT2D eigenvalue weighted by atomic mass is 35.5. The van der Waals surface area contributed by atoms with Crippen LogP contribution in [-0.2, 0) is 16.1 Å². The van der Waals surface area contributed by atoms with Crippen molar-refractivity contribution in [3.8, 4) is 5.69 Å². The summed E-state index contributed by atoms with van der Waals surface area (Å²) in [6.07, 6.45) is 1.45. The van der Waals surface area contributed by atoms with Crippen LogP contribution in [0.2, 0.25) is 5.02 Å². The zero-order chi connectivity index (χ0) is 19.2. The third kappa shape index (κ3) is 4.89. The molecule has 0 aliphatic rings. The van der Waals surface area contributed by atoms with Crippen molar-refractivity contribution in [1.29, 1.82) is 0 Å². The molecule has 0 bridgehead atoms. The SMILES string of the molecule is CN(Cc1ccc(Cl)cc1)C(=O)COC(=O)c1ccc(-n2cnnn2)cc1. The van der Waals surface area contributed by atoms with E-state index in [4.69, 9.17) is 16.3 Å². The van der Waals surface area contributed by atoms with Gasteiger partial charge in [-0.25, -0.2) is 9.48 Å². The highest BCUT2D eigenvalue weighted by Gasteiger charge is 2.14. The number of ether oxygens (including phenoxy) is 1. The van der Waals surface area contributed by atoms with Crippen LogP contribution >= 0.6 is 11.6 Å². The average molecular weight is 386 g/mol. The fraction of sp³-hybridized carbons (Fsp3) is 0.167. The van der Waals surface area contributed by atoms with Gasteiger partial charge in [0.05, 0.1) is 11.3 Å². The standard InChI is InChI=1S/C18H16ClN5O3/c1-23(10-13-2-6-15(19)7-3-13)17(25)11-27-18(26)14-4-8-16(9-5-14)24-12-20-21-22-24/h2-9,12H,10-11H2,1H3. The molecule has 0 fully saturated rings. The zero-order valence-electron chi connectivity index (χ0n) is 14.4. The molecule has 0 atom stereocenters. The predicted molar refractivity (Wildman–Crippen MR) is 97.4 cm³/mol. The van der Waals surface area contributed by atoms with Crippen molar-refractivity contribution in [2.24, 2.45) is 0 Å². The van der Waals surface area contributed by atoms with E-state index in [1.54, 1.807) is 43.4 Å². The van der Waals surface area contributed by atoms with Crippen LogP contribution in [0.3, 0.4) is 0 Å². The molecule has 0 saturated heterocycles. The second-order valence-corrected chi connectivity index (χ2v) is 6.19. The summed E-state index contributed by atoms with van der Waals surface area (Å²) in [6.45, 7) is 0.0614. The molecule has 2 aromatic carbocycles. The number of halogens is 1. The van der Waals surface area contributed by atoms with Crippen LogP contribution in [0.1, 0.15) is 15.9 Å². The van der Waals surface area contributed by atoms with Gasteiger partial charge in [-0.3, -0.25) is 4.79 Å². The summed E-state index contributed by atoms with van der Waals surface area (Å²) in [5, 5.41) is 11.5. The van der Waals surface area contributed by atoms with Crippen molar-refractivity contribution < 1.29 is 14.3 Å². The van der Waals surface area contributed by atoms with Crippen molar-refractivity contribution in [3.05, 3.63) is 71.0 Å². The molecule has 0 N–H and O–H groups in total. The Morgan fingerprint density at radius 3 is 2.44 bits per heavy atom. The minimum Gasteiger partial charge on any atom is -0.452 e. The van der Waals surface area contributed by atoms with Gasteiger partial charge in [0.1, 0.15) is 6.33 Å². The van der Waals surface area contributed by atoms with Crippen molar-refractivity contribution in [2.45, 2.75) is 6.54 Å². The van der Waals surface area contributed by atoms with Crippen LogP contribution in [0.15, 0.2) is 54.9 Å². The molecule has 3 rings (SSSR count). The molecule has 0 saturated carbocycles. The fourth-order valence-electron chi connectivity index (χ4n) is 2.30. The van der Waals surface area contributed by atoms with Crippen LogP contribution in [0.4, 0.5) is 0 Å². The van der Waals surface area contributed by atoms with Crippen LogP contribution in [0.5, 0.6) is 0 Å². The van der Waals surface area contributed by atoms with Gasteiger partial charge in [0.15, 0.2) is 6.61 Å². The maximum Gasteiger partial charge on any atom is 0.338 e. The van der Waals surface area contributed by atoms with Crippen LogP contribution in [0, 0.1) is 0 Å². The van der Waals surface area contributed by atoms with Crippen molar-refractivity contribution >= 4 is 23.5 Å². The molecule has 138 valence electrons. The number of carbonyl (C=O) groups is 2. The molecule has 0 spiro atoms. The summed E-state index contributed by atoms with van der Waals surface area (Å²) in [5.41, 5.74) is 1.97. The van der Waals surface area contributed by atoms with E-state index in [1.807, 2.05) is 12.1 Å². The lowest BCUT2D eigenvalue weighted by Crippen LogP contribution is -2.30. The molecule has 9 heteroatoms. The Labute approximate surface area is 160 Å². The quantitative estimate of drug-likeness (QED) is 0.604. The molecular weight excluding hydrogens is 370 g/mol. The van der Waals surface area contributed by atoms with E-state index >= 15 is 0 Å². The van der Waals surface area contributed by atoms with E-state index in [1.165, 1.54) is 15.9 Å². The molecule has 0 unspecified atom stereocenters. The fourth-order valence-corrected chi connectivity index (χ4v) is 2.43. The lowest BCUT2D eigenvalue weighted by molar-refractivity contribution is -0.133. The second kappa shape index (κ2) is 8.41. The number of rotatable bonds is 6. The Hall–Kier alpha value is -3.26. The number of likely N-dealkylation sites (N-methyl/N-ethyl adjacent to an activating group) is 1. The molecule has 1 heterocycles.